The topological polar surface area (TPSA) is 52.9 Å². The highest BCUT2D eigenvalue weighted by Crippen LogP contribution is 2.15. The van der Waals surface area contributed by atoms with Crippen LogP contribution in [-0.2, 0) is 4.74 Å². The Morgan fingerprint density at radius 2 is 2.12 bits per heavy atom. The summed E-state index contributed by atoms with van der Waals surface area (Å²) in [5.74, 6) is 0. The third-order valence-corrected chi connectivity index (χ3v) is 3.04. The maximum Gasteiger partial charge on any atom is 0.0932 e. The lowest BCUT2D eigenvalue weighted by molar-refractivity contribution is -0.0618. The molecule has 0 saturated carbocycles. The average molecular weight is 237 g/mol. The van der Waals surface area contributed by atoms with E-state index in [2.05, 4.69) is 4.90 Å². The van der Waals surface area contributed by atoms with Crippen LogP contribution in [0, 0.1) is 0 Å². The van der Waals surface area contributed by atoms with Crippen molar-refractivity contribution in [3.63, 3.8) is 0 Å². The van der Waals surface area contributed by atoms with E-state index in [0.717, 1.165) is 12.1 Å². The second-order valence-electron chi connectivity index (χ2n) is 4.36. The minimum Gasteiger partial charge on any atom is -0.394 e. The fraction of sp³-hybridized carbons (Fsp3) is 0.538. The molecule has 1 saturated heterocycles. The van der Waals surface area contributed by atoms with E-state index < -0.39 is 6.10 Å². The molecule has 0 bridgehead atoms. The average Bonchev–Trinajstić information content (AvgIpc) is 2.40. The first-order valence-corrected chi connectivity index (χ1v) is 5.97. The molecule has 4 nitrogen and oxygen atoms in total. The lowest BCUT2D eigenvalue weighted by atomic mass is 10.1. The van der Waals surface area contributed by atoms with Crippen molar-refractivity contribution in [2.75, 3.05) is 32.8 Å². The fourth-order valence-electron chi connectivity index (χ4n) is 2.08. The van der Waals surface area contributed by atoms with Gasteiger partial charge in [0.05, 0.1) is 25.4 Å². The summed E-state index contributed by atoms with van der Waals surface area (Å²) in [4.78, 5) is 2.13. The molecule has 1 aliphatic rings. The first-order chi connectivity index (χ1) is 8.29. The van der Waals surface area contributed by atoms with Crippen LogP contribution in [0.15, 0.2) is 30.3 Å². The van der Waals surface area contributed by atoms with Crippen molar-refractivity contribution >= 4 is 0 Å². The summed E-state index contributed by atoms with van der Waals surface area (Å²) < 4.78 is 5.37. The Labute approximate surface area is 101 Å². The van der Waals surface area contributed by atoms with Gasteiger partial charge in [0.25, 0.3) is 0 Å². The van der Waals surface area contributed by atoms with E-state index in [-0.39, 0.29) is 12.7 Å². The van der Waals surface area contributed by atoms with Gasteiger partial charge in [-0.1, -0.05) is 30.3 Å². The Hall–Kier alpha value is -0.940. The SMILES string of the molecule is OCC1CN(CC(O)c2ccccc2)CCO1. The normalized spacial score (nSPS) is 23.5. The zero-order valence-corrected chi connectivity index (χ0v) is 9.83. The number of morpholine rings is 1. The monoisotopic (exact) mass is 237 g/mol. The molecule has 1 fully saturated rings. The molecule has 1 aromatic rings. The Balaban J connectivity index is 1.88. The number of ether oxygens (including phenoxy) is 1. The van der Waals surface area contributed by atoms with E-state index in [9.17, 15) is 5.11 Å². The van der Waals surface area contributed by atoms with E-state index >= 15 is 0 Å². The van der Waals surface area contributed by atoms with Gasteiger partial charge in [-0.05, 0) is 5.56 Å². The molecule has 2 rings (SSSR count). The largest absolute Gasteiger partial charge is 0.394 e. The van der Waals surface area contributed by atoms with Crippen LogP contribution in [0.2, 0.25) is 0 Å². The van der Waals surface area contributed by atoms with E-state index in [1.54, 1.807) is 0 Å². The van der Waals surface area contributed by atoms with Crippen molar-refractivity contribution in [1.82, 2.24) is 4.90 Å². The Morgan fingerprint density at radius 3 is 2.82 bits per heavy atom. The van der Waals surface area contributed by atoms with Crippen LogP contribution in [0.4, 0.5) is 0 Å². The molecule has 2 unspecified atom stereocenters. The number of β-amino-alcohol motifs (C(OH)–C–C–N with tert-alkyl or cyclic N) is 1. The molecular formula is C13H19NO3. The van der Waals surface area contributed by atoms with Crippen molar-refractivity contribution in [3.8, 4) is 0 Å². The van der Waals surface area contributed by atoms with Crippen LogP contribution >= 0.6 is 0 Å². The summed E-state index contributed by atoms with van der Waals surface area (Å²) >= 11 is 0. The van der Waals surface area contributed by atoms with Crippen molar-refractivity contribution < 1.29 is 14.9 Å². The summed E-state index contributed by atoms with van der Waals surface area (Å²) in [6.45, 7) is 2.73. The highest BCUT2D eigenvalue weighted by Gasteiger charge is 2.21. The molecule has 0 radical (unpaired) electrons. The van der Waals surface area contributed by atoms with Gasteiger partial charge in [0.1, 0.15) is 0 Å². The molecule has 4 heteroatoms. The summed E-state index contributed by atoms with van der Waals surface area (Å²) in [6, 6.07) is 9.64. The minimum atomic E-state index is -0.478. The highest BCUT2D eigenvalue weighted by molar-refractivity contribution is 5.17. The molecule has 2 atom stereocenters. The Kier molecular flexibility index (Phi) is 4.50. The number of nitrogens with zero attached hydrogens (tertiary/aromatic N) is 1. The van der Waals surface area contributed by atoms with Gasteiger partial charge in [-0.15, -0.1) is 0 Å². The van der Waals surface area contributed by atoms with Crippen LogP contribution in [0.3, 0.4) is 0 Å². The van der Waals surface area contributed by atoms with Gasteiger partial charge in [0, 0.05) is 19.6 Å². The Bertz CT molecular complexity index is 331. The van der Waals surface area contributed by atoms with Crippen LogP contribution < -0.4 is 0 Å². The van der Waals surface area contributed by atoms with Crippen LogP contribution in [0.5, 0.6) is 0 Å². The smallest absolute Gasteiger partial charge is 0.0932 e. The summed E-state index contributed by atoms with van der Waals surface area (Å²) in [7, 11) is 0. The van der Waals surface area contributed by atoms with Gasteiger partial charge >= 0.3 is 0 Å². The summed E-state index contributed by atoms with van der Waals surface area (Å²) in [5, 5.41) is 19.1. The maximum atomic E-state index is 10.1. The van der Waals surface area contributed by atoms with Crippen molar-refractivity contribution in [1.29, 1.82) is 0 Å². The minimum absolute atomic E-state index is 0.0396. The van der Waals surface area contributed by atoms with Crippen LogP contribution in [0.25, 0.3) is 0 Å². The van der Waals surface area contributed by atoms with Gasteiger partial charge in [0.15, 0.2) is 0 Å². The third kappa shape index (κ3) is 3.51. The predicted octanol–water partition coefficient (Wildman–Crippen LogP) is 0.413. The van der Waals surface area contributed by atoms with Gasteiger partial charge < -0.3 is 14.9 Å². The molecule has 0 aliphatic carbocycles. The molecular weight excluding hydrogens is 218 g/mol. The molecule has 1 aliphatic heterocycles. The van der Waals surface area contributed by atoms with Gasteiger partial charge in [-0.25, -0.2) is 0 Å². The summed E-state index contributed by atoms with van der Waals surface area (Å²) in [6.07, 6.45) is -0.597. The van der Waals surface area contributed by atoms with E-state index in [0.29, 0.717) is 19.7 Å². The lowest BCUT2D eigenvalue weighted by Crippen LogP contribution is -2.45. The van der Waals surface area contributed by atoms with Crippen molar-refractivity contribution in [3.05, 3.63) is 35.9 Å². The van der Waals surface area contributed by atoms with Crippen LogP contribution in [-0.4, -0.2) is 54.1 Å². The molecule has 17 heavy (non-hydrogen) atoms. The quantitative estimate of drug-likeness (QED) is 0.796. The van der Waals surface area contributed by atoms with E-state index in [4.69, 9.17) is 9.84 Å². The molecule has 94 valence electrons. The molecule has 2 N–H and O–H groups in total. The Morgan fingerprint density at radius 1 is 1.35 bits per heavy atom. The first kappa shape index (κ1) is 12.5. The maximum absolute atomic E-state index is 10.1. The molecule has 0 spiro atoms. The van der Waals surface area contributed by atoms with E-state index in [1.165, 1.54) is 0 Å². The van der Waals surface area contributed by atoms with Gasteiger partial charge in [-0.2, -0.15) is 0 Å². The molecule has 1 aromatic carbocycles. The van der Waals surface area contributed by atoms with Gasteiger partial charge in [0.2, 0.25) is 0 Å². The lowest BCUT2D eigenvalue weighted by Gasteiger charge is -2.33. The van der Waals surface area contributed by atoms with E-state index in [1.807, 2.05) is 30.3 Å². The van der Waals surface area contributed by atoms with Gasteiger partial charge in [-0.3, -0.25) is 4.90 Å². The number of hydrogen-bond donors (Lipinski definition) is 2. The fourth-order valence-corrected chi connectivity index (χ4v) is 2.08. The molecule has 1 heterocycles. The number of rotatable bonds is 4. The number of aliphatic hydroxyl groups excluding tert-OH is 2. The standard InChI is InChI=1S/C13H19NO3/c15-10-12-8-14(6-7-17-12)9-13(16)11-4-2-1-3-5-11/h1-5,12-13,15-16H,6-10H2. The first-order valence-electron chi connectivity index (χ1n) is 5.97. The third-order valence-electron chi connectivity index (χ3n) is 3.04. The molecule has 0 amide bonds. The highest BCUT2D eigenvalue weighted by atomic mass is 16.5. The number of aliphatic hydroxyl groups is 2. The van der Waals surface area contributed by atoms with Crippen molar-refractivity contribution in [2.24, 2.45) is 0 Å². The van der Waals surface area contributed by atoms with Crippen LogP contribution in [0.1, 0.15) is 11.7 Å². The zero-order chi connectivity index (χ0) is 12.1. The summed E-state index contributed by atoms with van der Waals surface area (Å²) in [5.41, 5.74) is 0.930. The number of hydrogen-bond acceptors (Lipinski definition) is 4. The zero-order valence-electron chi connectivity index (χ0n) is 9.83. The number of benzene rings is 1. The van der Waals surface area contributed by atoms with Crippen molar-refractivity contribution in [2.45, 2.75) is 12.2 Å². The predicted molar refractivity (Wildman–Crippen MR) is 64.7 cm³/mol. The molecule has 0 aromatic heterocycles. The second-order valence-corrected chi connectivity index (χ2v) is 4.36. The second kappa shape index (κ2) is 6.12.